The van der Waals surface area contributed by atoms with Gasteiger partial charge in [0.15, 0.2) is 0 Å². The third kappa shape index (κ3) is 3.21. The number of halogens is 1. The van der Waals surface area contributed by atoms with E-state index in [0.717, 1.165) is 5.56 Å². The number of anilines is 1. The van der Waals surface area contributed by atoms with Gasteiger partial charge in [-0.3, -0.25) is 9.78 Å². The number of hydrogen-bond donors (Lipinski definition) is 2. The van der Waals surface area contributed by atoms with E-state index in [2.05, 4.69) is 10.3 Å². The highest BCUT2D eigenvalue weighted by Gasteiger charge is 2.05. The van der Waals surface area contributed by atoms with Gasteiger partial charge in [-0.05, 0) is 29.8 Å². The number of pyridine rings is 1. The van der Waals surface area contributed by atoms with Gasteiger partial charge in [0.25, 0.3) is 0 Å². The van der Waals surface area contributed by atoms with Gasteiger partial charge in [-0.25, -0.2) is 0 Å². The van der Waals surface area contributed by atoms with E-state index >= 15 is 0 Å². The van der Waals surface area contributed by atoms with Gasteiger partial charge in [-0.2, -0.15) is 0 Å². The molecule has 0 atom stereocenters. The average molecular weight is 263 g/mol. The Hall–Kier alpha value is -2.07. The molecule has 2 rings (SSSR count). The van der Waals surface area contributed by atoms with Gasteiger partial charge < -0.3 is 10.4 Å². The Morgan fingerprint density at radius 2 is 2.22 bits per heavy atom. The van der Waals surface area contributed by atoms with Gasteiger partial charge in [-0.15, -0.1) is 0 Å². The van der Waals surface area contributed by atoms with Gasteiger partial charge in [0.1, 0.15) is 5.75 Å². The topological polar surface area (TPSA) is 62.2 Å². The molecule has 18 heavy (non-hydrogen) atoms. The van der Waals surface area contributed by atoms with Gasteiger partial charge in [-0.1, -0.05) is 17.7 Å². The van der Waals surface area contributed by atoms with E-state index in [0.29, 0.717) is 5.69 Å². The summed E-state index contributed by atoms with van der Waals surface area (Å²) in [6.07, 6.45) is 3.54. The molecule has 0 fully saturated rings. The Kier molecular flexibility index (Phi) is 3.79. The lowest BCUT2D eigenvalue weighted by atomic mass is 10.2. The molecule has 2 N–H and O–H groups in total. The number of benzene rings is 1. The lowest BCUT2D eigenvalue weighted by Crippen LogP contribution is -2.14. The predicted molar refractivity (Wildman–Crippen MR) is 69.7 cm³/mol. The highest BCUT2D eigenvalue weighted by atomic mass is 35.5. The van der Waals surface area contributed by atoms with Crippen LogP contribution < -0.4 is 5.32 Å². The number of rotatable bonds is 3. The third-order valence-electron chi connectivity index (χ3n) is 2.32. The fraction of sp³-hybridized carbons (Fsp3) is 0.0769. The molecule has 2 aromatic rings. The summed E-state index contributed by atoms with van der Waals surface area (Å²) in [6, 6.07) is 8.12. The molecule has 0 aliphatic heterocycles. The van der Waals surface area contributed by atoms with E-state index in [4.69, 9.17) is 11.6 Å². The molecular formula is C13H11ClN2O2. The van der Waals surface area contributed by atoms with Crippen molar-refractivity contribution in [2.45, 2.75) is 6.42 Å². The standard InChI is InChI=1S/C13H11ClN2O2/c14-11-7-10(3-4-12(11)17)16-13(18)6-9-2-1-5-15-8-9/h1-5,7-8,17H,6H2,(H,16,18). The van der Waals surface area contributed by atoms with E-state index in [1.54, 1.807) is 24.5 Å². The van der Waals surface area contributed by atoms with E-state index < -0.39 is 0 Å². The molecule has 1 amide bonds. The molecule has 1 heterocycles. The van der Waals surface area contributed by atoms with Crippen LogP contribution in [0.4, 0.5) is 5.69 Å². The second-order valence-electron chi connectivity index (χ2n) is 3.75. The van der Waals surface area contributed by atoms with Crippen LogP contribution >= 0.6 is 11.6 Å². The van der Waals surface area contributed by atoms with Crippen molar-refractivity contribution < 1.29 is 9.90 Å². The van der Waals surface area contributed by atoms with E-state index in [1.807, 2.05) is 6.07 Å². The summed E-state index contributed by atoms with van der Waals surface area (Å²) in [5.74, 6) is -0.174. The Bertz CT molecular complexity index is 558. The van der Waals surface area contributed by atoms with Crippen LogP contribution in [0.2, 0.25) is 5.02 Å². The smallest absolute Gasteiger partial charge is 0.228 e. The number of aromatic nitrogens is 1. The highest BCUT2D eigenvalue weighted by molar-refractivity contribution is 6.32. The fourth-order valence-corrected chi connectivity index (χ4v) is 1.66. The van der Waals surface area contributed by atoms with Crippen LogP contribution in [0.15, 0.2) is 42.7 Å². The second-order valence-corrected chi connectivity index (χ2v) is 4.16. The zero-order valence-electron chi connectivity index (χ0n) is 9.43. The second kappa shape index (κ2) is 5.51. The lowest BCUT2D eigenvalue weighted by Gasteiger charge is -2.06. The minimum absolute atomic E-state index is 0.0121. The molecule has 0 unspecified atom stereocenters. The minimum Gasteiger partial charge on any atom is -0.506 e. The monoisotopic (exact) mass is 262 g/mol. The van der Waals surface area contributed by atoms with Gasteiger partial charge in [0.05, 0.1) is 11.4 Å². The van der Waals surface area contributed by atoms with Crippen molar-refractivity contribution in [1.29, 1.82) is 0 Å². The maximum atomic E-state index is 11.7. The minimum atomic E-state index is -0.162. The number of carbonyl (C=O) groups excluding carboxylic acids is 1. The third-order valence-corrected chi connectivity index (χ3v) is 2.62. The van der Waals surface area contributed by atoms with E-state index in [9.17, 15) is 9.90 Å². The number of aromatic hydroxyl groups is 1. The quantitative estimate of drug-likeness (QED) is 0.836. The Morgan fingerprint density at radius 3 is 2.89 bits per heavy atom. The average Bonchev–Trinajstić information content (AvgIpc) is 2.35. The summed E-state index contributed by atoms with van der Waals surface area (Å²) in [5.41, 5.74) is 1.38. The van der Waals surface area contributed by atoms with Crippen LogP contribution in [0.3, 0.4) is 0 Å². The zero-order chi connectivity index (χ0) is 13.0. The normalized spacial score (nSPS) is 10.1. The van der Waals surface area contributed by atoms with E-state index in [-0.39, 0.29) is 23.1 Å². The van der Waals surface area contributed by atoms with Crippen molar-refractivity contribution >= 4 is 23.2 Å². The van der Waals surface area contributed by atoms with Crippen LogP contribution in [-0.4, -0.2) is 16.0 Å². The van der Waals surface area contributed by atoms with Crippen LogP contribution in [0.1, 0.15) is 5.56 Å². The Balaban J connectivity index is 2.01. The summed E-state index contributed by atoms with van der Waals surface area (Å²) in [4.78, 5) is 15.7. The number of nitrogens with one attached hydrogen (secondary N) is 1. The lowest BCUT2D eigenvalue weighted by molar-refractivity contribution is -0.115. The molecule has 0 radical (unpaired) electrons. The van der Waals surface area contributed by atoms with Gasteiger partial charge >= 0.3 is 0 Å². The molecule has 1 aromatic heterocycles. The van der Waals surface area contributed by atoms with Crippen LogP contribution in [0, 0.1) is 0 Å². The maximum absolute atomic E-state index is 11.7. The van der Waals surface area contributed by atoms with E-state index in [1.165, 1.54) is 12.1 Å². The van der Waals surface area contributed by atoms with Gasteiger partial charge in [0, 0.05) is 18.1 Å². The maximum Gasteiger partial charge on any atom is 0.228 e. The Labute approximate surface area is 109 Å². The summed E-state index contributed by atoms with van der Waals surface area (Å²) in [5, 5.41) is 12.2. The molecule has 92 valence electrons. The van der Waals surface area contributed by atoms with Crippen LogP contribution in [0.25, 0.3) is 0 Å². The molecule has 5 heteroatoms. The number of hydrogen-bond acceptors (Lipinski definition) is 3. The van der Waals surface area contributed by atoms with Crippen molar-refractivity contribution in [3.8, 4) is 5.75 Å². The summed E-state index contributed by atoms with van der Waals surface area (Å²) >= 11 is 5.75. The molecule has 1 aromatic carbocycles. The first kappa shape index (κ1) is 12.4. The molecular weight excluding hydrogens is 252 g/mol. The number of nitrogens with zero attached hydrogens (tertiary/aromatic N) is 1. The van der Waals surface area contributed by atoms with Crippen molar-refractivity contribution in [2.24, 2.45) is 0 Å². The molecule has 0 aliphatic rings. The summed E-state index contributed by atoms with van der Waals surface area (Å²) in [7, 11) is 0. The molecule has 0 spiro atoms. The summed E-state index contributed by atoms with van der Waals surface area (Å²) in [6.45, 7) is 0. The van der Waals surface area contributed by atoms with Crippen molar-refractivity contribution in [1.82, 2.24) is 4.98 Å². The first-order valence-electron chi connectivity index (χ1n) is 5.32. The largest absolute Gasteiger partial charge is 0.506 e. The fourth-order valence-electron chi connectivity index (χ4n) is 1.48. The zero-order valence-corrected chi connectivity index (χ0v) is 10.2. The van der Waals surface area contributed by atoms with Crippen LogP contribution in [0.5, 0.6) is 5.75 Å². The van der Waals surface area contributed by atoms with Crippen molar-refractivity contribution in [3.63, 3.8) is 0 Å². The number of phenolic OH excluding ortho intramolecular Hbond substituents is 1. The Morgan fingerprint density at radius 1 is 1.39 bits per heavy atom. The number of phenols is 1. The molecule has 0 aliphatic carbocycles. The summed E-state index contributed by atoms with van der Waals surface area (Å²) < 4.78 is 0. The SMILES string of the molecule is O=C(Cc1cccnc1)Nc1ccc(O)c(Cl)c1. The number of amides is 1. The molecule has 0 saturated carbocycles. The number of carbonyl (C=O) groups is 1. The highest BCUT2D eigenvalue weighted by Crippen LogP contribution is 2.26. The first-order chi connectivity index (χ1) is 8.65. The van der Waals surface area contributed by atoms with Gasteiger partial charge in [0.2, 0.25) is 5.91 Å². The first-order valence-corrected chi connectivity index (χ1v) is 5.70. The molecule has 0 bridgehead atoms. The van der Waals surface area contributed by atoms with Crippen molar-refractivity contribution in [3.05, 3.63) is 53.3 Å². The van der Waals surface area contributed by atoms with Crippen molar-refractivity contribution in [2.75, 3.05) is 5.32 Å². The molecule has 4 nitrogen and oxygen atoms in total. The van der Waals surface area contributed by atoms with Crippen LogP contribution in [-0.2, 0) is 11.2 Å². The molecule has 0 saturated heterocycles. The predicted octanol–water partition coefficient (Wildman–Crippen LogP) is 2.62.